The molecule has 0 bridgehead atoms. The van der Waals surface area contributed by atoms with Gasteiger partial charge in [-0.2, -0.15) is 39.5 Å². The van der Waals surface area contributed by atoms with Gasteiger partial charge in [-0.3, -0.25) is 0 Å². The van der Waals surface area contributed by atoms with E-state index in [2.05, 4.69) is 0 Å². The average Bonchev–Trinajstić information content (AvgIpc) is 2.62. The van der Waals surface area contributed by atoms with Gasteiger partial charge in [0.25, 0.3) is 0 Å². The van der Waals surface area contributed by atoms with Crippen LogP contribution < -0.4 is 0 Å². The quantitative estimate of drug-likeness (QED) is 0.449. The zero-order chi connectivity index (χ0) is 23.8. The van der Waals surface area contributed by atoms with Crippen molar-refractivity contribution in [1.82, 2.24) is 0 Å². The first-order valence-corrected chi connectivity index (χ1v) is 8.55. The molecule has 0 spiro atoms. The molecule has 1 atom stereocenters. The highest BCUT2D eigenvalue weighted by atomic mass is 35.5. The third-order valence-electron chi connectivity index (χ3n) is 4.18. The smallest absolute Gasteiger partial charge is 0.392 e. The lowest BCUT2D eigenvalue weighted by Gasteiger charge is -2.19. The molecule has 0 aliphatic carbocycles. The van der Waals surface area contributed by atoms with E-state index in [-0.39, 0.29) is 12.1 Å². The van der Waals surface area contributed by atoms with Crippen molar-refractivity contribution >= 4 is 17.4 Å². The number of aliphatic hydroxyl groups excluding tert-OH is 1. The van der Waals surface area contributed by atoms with E-state index in [9.17, 15) is 43.9 Å². The first-order chi connectivity index (χ1) is 14.1. The first kappa shape index (κ1) is 25.0. The Hall–Kier alpha value is -2.27. The summed E-state index contributed by atoms with van der Waals surface area (Å²) in [6, 6.07) is 2.77. The monoisotopic (exact) mass is 480 g/mol. The number of benzene rings is 2. The number of allylic oxidation sites excluding steroid dienone is 1. The van der Waals surface area contributed by atoms with Crippen LogP contribution in [0.25, 0.3) is 5.83 Å². The maximum Gasteiger partial charge on any atom is 0.417 e. The Morgan fingerprint density at radius 3 is 1.90 bits per heavy atom. The third kappa shape index (κ3) is 5.91. The number of aliphatic hydroxyl groups is 1. The van der Waals surface area contributed by atoms with Crippen LogP contribution in [0.1, 0.15) is 33.7 Å². The van der Waals surface area contributed by atoms with Gasteiger partial charge in [0.2, 0.25) is 0 Å². The van der Waals surface area contributed by atoms with E-state index in [0.29, 0.717) is 24.3 Å². The molecule has 12 heteroatoms. The molecule has 0 aromatic heterocycles. The van der Waals surface area contributed by atoms with Gasteiger partial charge in [0, 0.05) is 5.56 Å². The molecule has 1 N–H and O–H groups in total. The SMILES string of the molecule is OCc1ccc(/C(F)=C/C(c2ccc(C(F)(F)F)c(Cl)c2)C(F)(F)F)cc1C(F)(F)F. The highest BCUT2D eigenvalue weighted by Crippen LogP contribution is 2.42. The zero-order valence-corrected chi connectivity index (χ0v) is 15.7. The molecule has 0 aliphatic heterocycles. The Morgan fingerprint density at radius 1 is 0.871 bits per heavy atom. The Kier molecular flexibility index (Phi) is 7.01. The molecule has 0 heterocycles. The van der Waals surface area contributed by atoms with Crippen LogP contribution in [-0.4, -0.2) is 11.3 Å². The Bertz CT molecular complexity index is 973. The van der Waals surface area contributed by atoms with Gasteiger partial charge in [-0.1, -0.05) is 29.8 Å². The summed E-state index contributed by atoms with van der Waals surface area (Å²) in [7, 11) is 0. The number of hydrogen-bond donors (Lipinski definition) is 1. The molecular weight excluding hydrogens is 470 g/mol. The summed E-state index contributed by atoms with van der Waals surface area (Å²) in [6.07, 6.45) is -15.2. The molecule has 170 valence electrons. The summed E-state index contributed by atoms with van der Waals surface area (Å²) in [5.41, 5.74) is -5.18. The molecule has 1 unspecified atom stereocenters. The van der Waals surface area contributed by atoms with E-state index >= 15 is 0 Å². The van der Waals surface area contributed by atoms with E-state index < -0.39 is 69.7 Å². The van der Waals surface area contributed by atoms with E-state index in [1.54, 1.807) is 0 Å². The predicted molar refractivity (Wildman–Crippen MR) is 91.7 cm³/mol. The minimum Gasteiger partial charge on any atom is -0.392 e. The van der Waals surface area contributed by atoms with Crippen LogP contribution in [0.4, 0.5) is 43.9 Å². The van der Waals surface area contributed by atoms with Gasteiger partial charge in [0.15, 0.2) is 0 Å². The highest BCUT2D eigenvalue weighted by Gasteiger charge is 2.41. The average molecular weight is 481 g/mol. The number of hydrogen-bond acceptors (Lipinski definition) is 1. The van der Waals surface area contributed by atoms with Crippen LogP contribution in [0.3, 0.4) is 0 Å². The van der Waals surface area contributed by atoms with Crippen LogP contribution in [0, 0.1) is 0 Å². The molecule has 0 amide bonds. The van der Waals surface area contributed by atoms with Gasteiger partial charge in [0.1, 0.15) is 11.7 Å². The van der Waals surface area contributed by atoms with Gasteiger partial charge in [-0.15, -0.1) is 0 Å². The van der Waals surface area contributed by atoms with Gasteiger partial charge in [-0.05, 0) is 35.4 Å². The molecule has 1 nitrogen and oxygen atoms in total. The van der Waals surface area contributed by atoms with Crippen LogP contribution in [0.15, 0.2) is 42.5 Å². The van der Waals surface area contributed by atoms with Crippen molar-refractivity contribution in [3.05, 3.63) is 75.3 Å². The highest BCUT2D eigenvalue weighted by molar-refractivity contribution is 6.31. The minimum absolute atomic E-state index is 0.0625. The van der Waals surface area contributed by atoms with Crippen molar-refractivity contribution in [3.8, 4) is 0 Å². The summed E-state index contributed by atoms with van der Waals surface area (Å²) >= 11 is 5.42. The Morgan fingerprint density at radius 2 is 1.45 bits per heavy atom. The van der Waals surface area contributed by atoms with Crippen LogP contribution in [-0.2, 0) is 19.0 Å². The molecule has 2 aromatic rings. The topological polar surface area (TPSA) is 20.2 Å². The molecule has 2 aromatic carbocycles. The lowest BCUT2D eigenvalue weighted by Crippen LogP contribution is -2.19. The largest absolute Gasteiger partial charge is 0.417 e. The Balaban J connectivity index is 2.56. The van der Waals surface area contributed by atoms with Gasteiger partial charge in [-0.25, -0.2) is 4.39 Å². The van der Waals surface area contributed by atoms with Crippen molar-refractivity contribution in [2.24, 2.45) is 0 Å². The van der Waals surface area contributed by atoms with Crippen LogP contribution >= 0.6 is 11.6 Å². The predicted octanol–water partition coefficient (Wildman–Crippen LogP) is 7.53. The zero-order valence-electron chi connectivity index (χ0n) is 14.9. The molecule has 2 rings (SSSR count). The Labute approximate surface area is 173 Å². The van der Waals surface area contributed by atoms with Crippen LogP contribution in [0.2, 0.25) is 5.02 Å². The summed E-state index contributed by atoms with van der Waals surface area (Å²) in [5, 5.41) is 7.91. The summed E-state index contributed by atoms with van der Waals surface area (Å²) in [5.74, 6) is -4.49. The molecule has 0 saturated heterocycles. The molecule has 0 fully saturated rings. The molecule has 0 saturated carbocycles. The summed E-state index contributed by atoms with van der Waals surface area (Å²) < 4.78 is 132. The van der Waals surface area contributed by atoms with Gasteiger partial charge >= 0.3 is 18.5 Å². The fourth-order valence-corrected chi connectivity index (χ4v) is 3.00. The maximum absolute atomic E-state index is 14.5. The molecular formula is C19H11ClF10O. The minimum atomic E-state index is -5.20. The van der Waals surface area contributed by atoms with Crippen LogP contribution in [0.5, 0.6) is 0 Å². The first-order valence-electron chi connectivity index (χ1n) is 8.17. The number of rotatable bonds is 4. The maximum atomic E-state index is 14.5. The van der Waals surface area contributed by atoms with E-state index in [1.807, 2.05) is 0 Å². The molecule has 31 heavy (non-hydrogen) atoms. The second kappa shape index (κ2) is 8.70. The lowest BCUT2D eigenvalue weighted by atomic mass is 9.94. The fourth-order valence-electron chi connectivity index (χ4n) is 2.70. The molecule has 0 radical (unpaired) electrons. The fraction of sp³-hybridized carbons (Fsp3) is 0.263. The number of halogens is 11. The number of alkyl halides is 9. The third-order valence-corrected chi connectivity index (χ3v) is 4.50. The summed E-state index contributed by atoms with van der Waals surface area (Å²) in [4.78, 5) is 0. The van der Waals surface area contributed by atoms with Crippen molar-refractivity contribution in [2.75, 3.05) is 0 Å². The molecule has 0 aliphatic rings. The van der Waals surface area contributed by atoms with Crippen molar-refractivity contribution in [1.29, 1.82) is 0 Å². The van der Waals surface area contributed by atoms with Crippen molar-refractivity contribution in [2.45, 2.75) is 31.1 Å². The van der Waals surface area contributed by atoms with Crippen molar-refractivity contribution in [3.63, 3.8) is 0 Å². The van der Waals surface area contributed by atoms with Gasteiger partial charge in [0.05, 0.1) is 22.8 Å². The standard InChI is InChI=1S/C19H11ClF10O/c20-15-6-9(3-4-12(15)17(22,23)24)14(19(28,29)30)7-16(21)10-1-2-11(8-31)13(5-10)18(25,26)27/h1-7,14,31H,8H2/b16-7-. The second-order valence-electron chi connectivity index (χ2n) is 6.30. The normalized spacial score (nSPS) is 14.6. The van der Waals surface area contributed by atoms with E-state index in [4.69, 9.17) is 16.7 Å². The van der Waals surface area contributed by atoms with Crippen molar-refractivity contribution < 1.29 is 49.0 Å². The lowest BCUT2D eigenvalue weighted by molar-refractivity contribution is -0.140. The summed E-state index contributed by atoms with van der Waals surface area (Å²) in [6.45, 7) is -1.05. The van der Waals surface area contributed by atoms with Gasteiger partial charge < -0.3 is 5.11 Å². The second-order valence-corrected chi connectivity index (χ2v) is 6.71. The van der Waals surface area contributed by atoms with E-state index in [0.717, 1.165) is 6.07 Å². The van der Waals surface area contributed by atoms with E-state index in [1.165, 1.54) is 0 Å².